The zero-order chi connectivity index (χ0) is 10.6. The van der Waals surface area contributed by atoms with Crippen molar-refractivity contribution in [2.24, 2.45) is 0 Å². The van der Waals surface area contributed by atoms with Gasteiger partial charge in [0.15, 0.2) is 0 Å². The molecule has 14 heavy (non-hydrogen) atoms. The lowest BCUT2D eigenvalue weighted by Crippen LogP contribution is -2.17. The van der Waals surface area contributed by atoms with Crippen molar-refractivity contribution in [1.29, 1.82) is 0 Å². The Labute approximate surface area is 86.0 Å². The highest BCUT2D eigenvalue weighted by molar-refractivity contribution is 5.75. The molecule has 0 saturated carbocycles. The number of carbonyl (C=O) groups is 1. The summed E-state index contributed by atoms with van der Waals surface area (Å²) in [7, 11) is 3.35. The highest BCUT2D eigenvalue weighted by atomic mass is 16.5. The largest absolute Gasteiger partial charge is 0.385 e. The van der Waals surface area contributed by atoms with E-state index in [0.717, 1.165) is 32.5 Å². The molecule has 0 aromatic carbocycles. The first-order valence-electron chi connectivity index (χ1n) is 5.08. The number of carbonyl (C=O) groups excluding carboxylic acids is 1. The van der Waals surface area contributed by atoms with Crippen LogP contribution < -0.4 is 5.32 Å². The van der Waals surface area contributed by atoms with E-state index >= 15 is 0 Å². The van der Waals surface area contributed by atoms with E-state index in [0.29, 0.717) is 13.0 Å². The first-order valence-corrected chi connectivity index (χ1v) is 5.08. The summed E-state index contributed by atoms with van der Waals surface area (Å²) in [6, 6.07) is 0. The maximum atomic E-state index is 10.8. The van der Waals surface area contributed by atoms with E-state index in [4.69, 9.17) is 9.47 Å². The van der Waals surface area contributed by atoms with E-state index in [1.165, 1.54) is 0 Å². The zero-order valence-electron chi connectivity index (χ0n) is 9.17. The second kappa shape index (κ2) is 10.5. The van der Waals surface area contributed by atoms with Gasteiger partial charge in [-0.05, 0) is 19.3 Å². The van der Waals surface area contributed by atoms with E-state index in [9.17, 15) is 4.79 Å². The molecule has 1 N–H and O–H groups in total. The first kappa shape index (κ1) is 13.4. The van der Waals surface area contributed by atoms with Gasteiger partial charge in [-0.1, -0.05) is 0 Å². The van der Waals surface area contributed by atoms with Crippen molar-refractivity contribution < 1.29 is 14.3 Å². The molecule has 0 bridgehead atoms. The van der Waals surface area contributed by atoms with Crippen molar-refractivity contribution in [1.82, 2.24) is 5.32 Å². The minimum absolute atomic E-state index is 0.0768. The minimum atomic E-state index is 0.0768. The van der Waals surface area contributed by atoms with Crippen LogP contribution in [0, 0.1) is 0 Å². The molecule has 4 nitrogen and oxygen atoms in total. The van der Waals surface area contributed by atoms with Crippen molar-refractivity contribution in [3.8, 4) is 0 Å². The summed E-state index contributed by atoms with van der Waals surface area (Å²) in [6.45, 7) is 2.22. The summed E-state index contributed by atoms with van der Waals surface area (Å²) >= 11 is 0. The molecule has 0 heterocycles. The van der Waals surface area contributed by atoms with Gasteiger partial charge in [0.1, 0.15) is 0 Å². The van der Waals surface area contributed by atoms with Crippen LogP contribution in [0.25, 0.3) is 0 Å². The number of hydrogen-bond acceptors (Lipinski definition) is 3. The maximum Gasteiger partial charge on any atom is 0.219 e. The molecule has 0 aromatic heterocycles. The molecular weight excluding hydrogens is 182 g/mol. The van der Waals surface area contributed by atoms with Gasteiger partial charge in [-0.2, -0.15) is 0 Å². The van der Waals surface area contributed by atoms with Crippen LogP contribution in [0.1, 0.15) is 25.7 Å². The SMILES string of the molecule is CNC(=O)CCCOCCCCOC. The second-order valence-corrected chi connectivity index (χ2v) is 3.09. The molecular formula is C10H21NO3. The third kappa shape index (κ3) is 9.48. The molecule has 0 saturated heterocycles. The Morgan fingerprint density at radius 1 is 1.14 bits per heavy atom. The third-order valence-electron chi connectivity index (χ3n) is 1.86. The van der Waals surface area contributed by atoms with Gasteiger partial charge in [0.05, 0.1) is 0 Å². The average Bonchev–Trinajstić information content (AvgIpc) is 2.21. The smallest absolute Gasteiger partial charge is 0.219 e. The molecule has 0 aliphatic carbocycles. The molecule has 0 spiro atoms. The summed E-state index contributed by atoms with van der Waals surface area (Å²) < 4.78 is 10.2. The molecule has 84 valence electrons. The van der Waals surface area contributed by atoms with Crippen LogP contribution in [0.3, 0.4) is 0 Å². The Bertz CT molecular complexity index is 139. The number of ether oxygens (including phenoxy) is 2. The summed E-state index contributed by atoms with van der Waals surface area (Å²) in [6.07, 6.45) is 3.40. The van der Waals surface area contributed by atoms with Gasteiger partial charge in [0.25, 0.3) is 0 Å². The van der Waals surface area contributed by atoms with Gasteiger partial charge >= 0.3 is 0 Å². The maximum absolute atomic E-state index is 10.8. The lowest BCUT2D eigenvalue weighted by molar-refractivity contribution is -0.120. The van der Waals surface area contributed by atoms with E-state index in [1.807, 2.05) is 0 Å². The van der Waals surface area contributed by atoms with E-state index < -0.39 is 0 Å². The molecule has 0 rings (SSSR count). The number of nitrogens with one attached hydrogen (secondary N) is 1. The van der Waals surface area contributed by atoms with Crippen LogP contribution in [-0.4, -0.2) is 39.9 Å². The highest BCUT2D eigenvalue weighted by Gasteiger charge is 1.96. The fourth-order valence-electron chi connectivity index (χ4n) is 1.01. The van der Waals surface area contributed by atoms with Crippen molar-refractivity contribution in [2.45, 2.75) is 25.7 Å². The van der Waals surface area contributed by atoms with Gasteiger partial charge in [0.2, 0.25) is 5.91 Å². The highest BCUT2D eigenvalue weighted by Crippen LogP contribution is 1.94. The van der Waals surface area contributed by atoms with E-state index in [-0.39, 0.29) is 5.91 Å². The standard InChI is InChI=1S/C10H21NO3/c1-11-10(12)6-5-9-14-8-4-3-7-13-2/h3-9H2,1-2H3,(H,11,12). The lowest BCUT2D eigenvalue weighted by Gasteiger charge is -2.03. The van der Waals surface area contributed by atoms with Crippen LogP contribution in [-0.2, 0) is 14.3 Å². The monoisotopic (exact) mass is 203 g/mol. The number of amides is 1. The summed E-state index contributed by atoms with van der Waals surface area (Å²) in [5, 5.41) is 2.57. The molecule has 0 unspecified atom stereocenters. The summed E-state index contributed by atoms with van der Waals surface area (Å²) in [5.41, 5.74) is 0. The number of hydrogen-bond donors (Lipinski definition) is 1. The van der Waals surface area contributed by atoms with Crippen LogP contribution >= 0.6 is 0 Å². The Balaban J connectivity index is 2.95. The van der Waals surface area contributed by atoms with Crippen LogP contribution in [0.2, 0.25) is 0 Å². The van der Waals surface area contributed by atoms with Crippen molar-refractivity contribution >= 4 is 5.91 Å². The van der Waals surface area contributed by atoms with Gasteiger partial charge in [-0.15, -0.1) is 0 Å². The molecule has 0 aromatic rings. The van der Waals surface area contributed by atoms with Gasteiger partial charge in [-0.25, -0.2) is 0 Å². The Morgan fingerprint density at radius 2 is 1.79 bits per heavy atom. The van der Waals surface area contributed by atoms with Crippen LogP contribution in [0.5, 0.6) is 0 Å². The summed E-state index contributed by atoms with van der Waals surface area (Å²) in [4.78, 5) is 10.8. The quantitative estimate of drug-likeness (QED) is 0.568. The van der Waals surface area contributed by atoms with Crippen molar-refractivity contribution in [2.75, 3.05) is 34.0 Å². The molecule has 0 radical (unpaired) electrons. The molecule has 0 atom stereocenters. The van der Waals surface area contributed by atoms with Crippen molar-refractivity contribution in [3.05, 3.63) is 0 Å². The Morgan fingerprint density at radius 3 is 2.43 bits per heavy atom. The normalized spacial score (nSPS) is 10.1. The Hall–Kier alpha value is -0.610. The molecule has 0 aliphatic heterocycles. The molecule has 0 aliphatic rings. The third-order valence-corrected chi connectivity index (χ3v) is 1.86. The number of rotatable bonds is 9. The van der Waals surface area contributed by atoms with E-state index in [1.54, 1.807) is 14.2 Å². The van der Waals surface area contributed by atoms with Crippen molar-refractivity contribution in [3.63, 3.8) is 0 Å². The average molecular weight is 203 g/mol. The topological polar surface area (TPSA) is 47.6 Å². The second-order valence-electron chi connectivity index (χ2n) is 3.09. The van der Waals surface area contributed by atoms with Gasteiger partial charge in [-0.3, -0.25) is 4.79 Å². The van der Waals surface area contributed by atoms with Gasteiger partial charge < -0.3 is 14.8 Å². The molecule has 1 amide bonds. The fraction of sp³-hybridized carbons (Fsp3) is 0.900. The number of unbranched alkanes of at least 4 members (excludes halogenated alkanes) is 1. The predicted molar refractivity (Wildman–Crippen MR) is 55.2 cm³/mol. The van der Waals surface area contributed by atoms with E-state index in [2.05, 4.69) is 5.32 Å². The zero-order valence-corrected chi connectivity index (χ0v) is 9.17. The Kier molecular flexibility index (Phi) is 10.0. The molecule has 0 fully saturated rings. The predicted octanol–water partition coefficient (Wildman–Crippen LogP) is 0.956. The van der Waals surface area contributed by atoms with Crippen LogP contribution in [0.4, 0.5) is 0 Å². The summed E-state index contributed by atoms with van der Waals surface area (Å²) in [5.74, 6) is 0.0768. The van der Waals surface area contributed by atoms with Gasteiger partial charge in [0, 0.05) is 40.4 Å². The van der Waals surface area contributed by atoms with Crippen LogP contribution in [0.15, 0.2) is 0 Å². The fourth-order valence-corrected chi connectivity index (χ4v) is 1.01. The minimum Gasteiger partial charge on any atom is -0.385 e. The molecule has 4 heteroatoms. The first-order chi connectivity index (χ1) is 6.81. The lowest BCUT2D eigenvalue weighted by atomic mass is 10.3. The number of methoxy groups -OCH3 is 1.